The molecule has 1 saturated heterocycles. The zero-order valence-electron chi connectivity index (χ0n) is 10.3. The normalized spacial score (nSPS) is 23.0. The maximum atomic E-state index is 5.47. The van der Waals surface area contributed by atoms with Crippen LogP contribution in [-0.4, -0.2) is 35.4 Å². The molecule has 1 N–H and O–H groups in total. The fourth-order valence-corrected chi connectivity index (χ4v) is 3.55. The molecule has 0 amide bonds. The molecule has 1 unspecified atom stereocenters. The molecule has 0 saturated carbocycles. The molecule has 4 heteroatoms. The van der Waals surface area contributed by atoms with E-state index in [1.54, 1.807) is 14.2 Å². The lowest BCUT2D eigenvalue weighted by Crippen LogP contribution is -2.37. The number of rotatable bonds is 6. The minimum absolute atomic E-state index is 0.741. The molecule has 3 nitrogen and oxygen atoms in total. The lowest BCUT2D eigenvalue weighted by molar-refractivity contribution is 0.246. The van der Waals surface area contributed by atoms with Crippen molar-refractivity contribution in [2.75, 3.05) is 20.8 Å². The molecule has 1 aliphatic rings. The lowest BCUT2D eigenvalue weighted by Gasteiger charge is -2.26. The van der Waals surface area contributed by atoms with Crippen molar-refractivity contribution < 1.29 is 8.85 Å². The van der Waals surface area contributed by atoms with Gasteiger partial charge in [0.25, 0.3) is 0 Å². The smallest absolute Gasteiger partial charge is 0.334 e. The van der Waals surface area contributed by atoms with Crippen molar-refractivity contribution in [1.29, 1.82) is 0 Å². The Bertz CT molecular complexity index is 168. The van der Waals surface area contributed by atoms with E-state index in [0.717, 1.165) is 12.1 Å². The van der Waals surface area contributed by atoms with E-state index in [1.807, 2.05) is 0 Å². The van der Waals surface area contributed by atoms with Crippen LogP contribution in [0.3, 0.4) is 0 Å². The van der Waals surface area contributed by atoms with Gasteiger partial charge in [0.1, 0.15) is 0 Å². The third-order valence-corrected chi connectivity index (χ3v) is 6.45. The molecule has 0 aliphatic carbocycles. The standard InChI is InChI=1S/C11H25NO2Si/c1-13-15(3,14-2)10-6-8-11-7-4-5-9-12-11/h11-12H,4-10H2,1-3H3. The first-order valence-corrected chi connectivity index (χ1v) is 8.56. The minimum atomic E-state index is -1.81. The van der Waals surface area contributed by atoms with Gasteiger partial charge in [0.15, 0.2) is 0 Å². The van der Waals surface area contributed by atoms with Gasteiger partial charge in [-0.25, -0.2) is 0 Å². The van der Waals surface area contributed by atoms with Crippen LogP contribution in [0.1, 0.15) is 32.1 Å². The first-order valence-electron chi connectivity index (χ1n) is 6.04. The fraction of sp³-hybridized carbons (Fsp3) is 1.00. The van der Waals surface area contributed by atoms with Gasteiger partial charge in [-0.1, -0.05) is 6.42 Å². The molecule has 1 atom stereocenters. The Balaban J connectivity index is 2.14. The van der Waals surface area contributed by atoms with Crippen LogP contribution < -0.4 is 5.32 Å². The SMILES string of the molecule is CO[Si](C)(CCCC1CCCCN1)OC. The summed E-state index contributed by atoms with van der Waals surface area (Å²) < 4.78 is 10.9. The fourth-order valence-electron chi connectivity index (χ4n) is 2.13. The van der Waals surface area contributed by atoms with Crippen LogP contribution in [0.2, 0.25) is 12.6 Å². The predicted octanol–water partition coefficient (Wildman–Crippen LogP) is 2.27. The molecule has 0 spiro atoms. The van der Waals surface area contributed by atoms with Crippen molar-refractivity contribution in [3.8, 4) is 0 Å². The van der Waals surface area contributed by atoms with Crippen LogP contribution in [0, 0.1) is 0 Å². The summed E-state index contributed by atoms with van der Waals surface area (Å²) in [6, 6.07) is 1.85. The summed E-state index contributed by atoms with van der Waals surface area (Å²) in [5.74, 6) is 0. The summed E-state index contributed by atoms with van der Waals surface area (Å²) >= 11 is 0. The molecule has 1 heterocycles. The summed E-state index contributed by atoms with van der Waals surface area (Å²) in [6.07, 6.45) is 6.58. The average Bonchev–Trinajstić information content (AvgIpc) is 2.30. The summed E-state index contributed by atoms with van der Waals surface area (Å²) in [6.45, 7) is 3.34. The third-order valence-electron chi connectivity index (χ3n) is 3.46. The number of hydrogen-bond acceptors (Lipinski definition) is 3. The molecular weight excluding hydrogens is 206 g/mol. The third kappa shape index (κ3) is 4.63. The van der Waals surface area contributed by atoms with Gasteiger partial charge in [0.05, 0.1) is 0 Å². The van der Waals surface area contributed by atoms with Crippen molar-refractivity contribution in [3.05, 3.63) is 0 Å². The van der Waals surface area contributed by atoms with Crippen LogP contribution in [0.4, 0.5) is 0 Å². The first-order chi connectivity index (χ1) is 7.20. The van der Waals surface area contributed by atoms with E-state index in [0.29, 0.717) is 0 Å². The van der Waals surface area contributed by atoms with E-state index in [4.69, 9.17) is 8.85 Å². The quantitative estimate of drug-likeness (QED) is 0.711. The van der Waals surface area contributed by atoms with Crippen molar-refractivity contribution >= 4 is 8.56 Å². The molecule has 1 rings (SSSR count). The summed E-state index contributed by atoms with van der Waals surface area (Å²) in [5.41, 5.74) is 0. The highest BCUT2D eigenvalue weighted by Crippen LogP contribution is 2.18. The first kappa shape index (κ1) is 13.2. The molecule has 0 aromatic carbocycles. The Morgan fingerprint density at radius 2 is 2.00 bits per heavy atom. The Labute approximate surface area is 94.8 Å². The van der Waals surface area contributed by atoms with E-state index in [-0.39, 0.29) is 0 Å². The second-order valence-electron chi connectivity index (χ2n) is 4.58. The van der Waals surface area contributed by atoms with Gasteiger partial charge in [-0.15, -0.1) is 0 Å². The van der Waals surface area contributed by atoms with Gasteiger partial charge in [0, 0.05) is 20.3 Å². The minimum Gasteiger partial charge on any atom is -0.398 e. The predicted molar refractivity (Wildman–Crippen MR) is 65.3 cm³/mol. The van der Waals surface area contributed by atoms with Crippen LogP contribution in [0.5, 0.6) is 0 Å². The van der Waals surface area contributed by atoms with E-state index in [2.05, 4.69) is 11.9 Å². The topological polar surface area (TPSA) is 30.5 Å². The van der Waals surface area contributed by atoms with Crippen LogP contribution in [0.25, 0.3) is 0 Å². The summed E-state index contributed by atoms with van der Waals surface area (Å²) in [7, 11) is 1.74. The maximum absolute atomic E-state index is 5.47. The highest BCUT2D eigenvalue weighted by Gasteiger charge is 2.28. The summed E-state index contributed by atoms with van der Waals surface area (Å²) in [5, 5.41) is 3.58. The molecule has 0 radical (unpaired) electrons. The van der Waals surface area contributed by atoms with Gasteiger partial charge in [-0.2, -0.15) is 0 Å². The number of piperidine rings is 1. The number of nitrogens with one attached hydrogen (secondary N) is 1. The van der Waals surface area contributed by atoms with E-state index in [1.165, 1.54) is 38.6 Å². The van der Waals surface area contributed by atoms with Crippen molar-refractivity contribution in [1.82, 2.24) is 5.32 Å². The Morgan fingerprint density at radius 3 is 2.53 bits per heavy atom. The monoisotopic (exact) mass is 231 g/mol. The van der Waals surface area contributed by atoms with Gasteiger partial charge in [0.2, 0.25) is 0 Å². The van der Waals surface area contributed by atoms with Crippen LogP contribution in [-0.2, 0) is 8.85 Å². The van der Waals surface area contributed by atoms with Gasteiger partial charge in [-0.3, -0.25) is 0 Å². The highest BCUT2D eigenvalue weighted by atomic mass is 28.4. The van der Waals surface area contributed by atoms with Crippen molar-refractivity contribution in [2.24, 2.45) is 0 Å². The molecule has 0 aromatic rings. The van der Waals surface area contributed by atoms with Gasteiger partial charge in [-0.05, 0) is 44.8 Å². The molecule has 0 aromatic heterocycles. The zero-order valence-corrected chi connectivity index (χ0v) is 11.3. The van der Waals surface area contributed by atoms with Crippen LogP contribution >= 0.6 is 0 Å². The average molecular weight is 231 g/mol. The van der Waals surface area contributed by atoms with Gasteiger partial charge >= 0.3 is 8.56 Å². The molecular formula is C11H25NO2Si. The highest BCUT2D eigenvalue weighted by molar-refractivity contribution is 6.65. The van der Waals surface area contributed by atoms with Crippen molar-refractivity contribution in [2.45, 2.75) is 50.7 Å². The largest absolute Gasteiger partial charge is 0.398 e. The van der Waals surface area contributed by atoms with E-state index >= 15 is 0 Å². The van der Waals surface area contributed by atoms with E-state index in [9.17, 15) is 0 Å². The molecule has 1 aliphatic heterocycles. The van der Waals surface area contributed by atoms with Gasteiger partial charge < -0.3 is 14.2 Å². The van der Waals surface area contributed by atoms with Crippen LogP contribution in [0.15, 0.2) is 0 Å². The second-order valence-corrected chi connectivity index (χ2v) is 8.17. The molecule has 0 bridgehead atoms. The van der Waals surface area contributed by atoms with E-state index < -0.39 is 8.56 Å². The molecule has 15 heavy (non-hydrogen) atoms. The maximum Gasteiger partial charge on any atom is 0.334 e. The lowest BCUT2D eigenvalue weighted by atomic mass is 10.0. The zero-order chi connectivity index (χ0) is 11.1. The second kappa shape index (κ2) is 6.63. The Hall–Kier alpha value is 0.0969. The molecule has 90 valence electrons. The number of hydrogen-bond donors (Lipinski definition) is 1. The Morgan fingerprint density at radius 1 is 1.27 bits per heavy atom. The molecule has 1 fully saturated rings. The van der Waals surface area contributed by atoms with Crippen molar-refractivity contribution in [3.63, 3.8) is 0 Å². The Kier molecular flexibility index (Phi) is 5.82. The summed E-state index contributed by atoms with van der Waals surface area (Å²) in [4.78, 5) is 0.